The van der Waals surface area contributed by atoms with Gasteiger partial charge < -0.3 is 5.32 Å². The lowest BCUT2D eigenvalue weighted by Crippen LogP contribution is -2.44. The van der Waals surface area contributed by atoms with Crippen molar-refractivity contribution in [2.24, 2.45) is 0 Å². The van der Waals surface area contributed by atoms with Gasteiger partial charge in [0.15, 0.2) is 5.16 Å². The highest BCUT2D eigenvalue weighted by Crippen LogP contribution is 2.09. The van der Waals surface area contributed by atoms with E-state index in [-0.39, 0.29) is 11.7 Å². The second kappa shape index (κ2) is 7.14. The molecule has 8 nitrogen and oxygen atoms in total. The van der Waals surface area contributed by atoms with Gasteiger partial charge in [0.05, 0.1) is 5.75 Å². The molecule has 0 saturated carbocycles. The van der Waals surface area contributed by atoms with Gasteiger partial charge in [-0.1, -0.05) is 30.0 Å². The lowest BCUT2D eigenvalue weighted by Gasteiger charge is -2.08. The van der Waals surface area contributed by atoms with E-state index < -0.39 is 6.03 Å². The second-order valence-electron chi connectivity index (χ2n) is 3.57. The van der Waals surface area contributed by atoms with Crippen molar-refractivity contribution in [3.05, 3.63) is 36.7 Å². The van der Waals surface area contributed by atoms with Crippen LogP contribution in [-0.2, 0) is 4.79 Å². The van der Waals surface area contributed by atoms with Crippen LogP contribution in [0.1, 0.15) is 0 Å². The summed E-state index contributed by atoms with van der Waals surface area (Å²) in [7, 11) is 0. The molecule has 0 atom stereocenters. The lowest BCUT2D eigenvalue weighted by atomic mass is 10.3. The molecule has 0 unspecified atom stereocenters. The monoisotopic (exact) mass is 292 g/mol. The minimum atomic E-state index is -0.519. The number of nitrogens with zero attached hydrogens (tertiary/aromatic N) is 2. The van der Waals surface area contributed by atoms with E-state index in [1.165, 1.54) is 18.1 Å². The summed E-state index contributed by atoms with van der Waals surface area (Å²) in [6.07, 6.45) is 1.35. The number of anilines is 1. The second-order valence-corrected chi connectivity index (χ2v) is 4.54. The number of benzene rings is 1. The molecule has 20 heavy (non-hydrogen) atoms. The summed E-state index contributed by atoms with van der Waals surface area (Å²) in [6, 6.07) is 8.38. The van der Waals surface area contributed by atoms with Crippen LogP contribution < -0.4 is 16.2 Å². The summed E-state index contributed by atoms with van der Waals surface area (Å²) >= 11 is 1.18. The third-order valence-corrected chi connectivity index (χ3v) is 2.96. The smallest absolute Gasteiger partial charge is 0.307 e. The number of carbonyl (C=O) groups is 2. The van der Waals surface area contributed by atoms with Crippen molar-refractivity contribution in [3.8, 4) is 0 Å². The average molecular weight is 292 g/mol. The number of H-pyrrole nitrogens is 1. The van der Waals surface area contributed by atoms with Crippen LogP contribution in [0.15, 0.2) is 41.8 Å². The first-order valence-electron chi connectivity index (χ1n) is 5.63. The number of hydrazine groups is 1. The van der Waals surface area contributed by atoms with Crippen molar-refractivity contribution in [1.29, 1.82) is 0 Å². The molecule has 0 spiro atoms. The van der Waals surface area contributed by atoms with Crippen molar-refractivity contribution in [1.82, 2.24) is 26.0 Å². The van der Waals surface area contributed by atoms with Crippen molar-refractivity contribution >= 4 is 29.4 Å². The van der Waals surface area contributed by atoms with Gasteiger partial charge in [0.2, 0.25) is 5.91 Å². The van der Waals surface area contributed by atoms with E-state index >= 15 is 0 Å². The van der Waals surface area contributed by atoms with E-state index in [1.54, 1.807) is 24.3 Å². The Hall–Kier alpha value is -2.55. The van der Waals surface area contributed by atoms with E-state index in [4.69, 9.17) is 0 Å². The highest BCUT2D eigenvalue weighted by molar-refractivity contribution is 7.99. The third-order valence-electron chi connectivity index (χ3n) is 2.08. The molecule has 0 aliphatic heterocycles. The molecule has 0 aliphatic carbocycles. The topological polar surface area (TPSA) is 112 Å². The Bertz CT molecular complexity index is 560. The van der Waals surface area contributed by atoms with Crippen molar-refractivity contribution in [2.45, 2.75) is 5.16 Å². The number of nitrogens with one attached hydrogen (secondary N) is 4. The largest absolute Gasteiger partial charge is 0.337 e. The van der Waals surface area contributed by atoms with E-state index in [0.29, 0.717) is 10.8 Å². The Labute approximate surface area is 118 Å². The normalized spacial score (nSPS) is 9.80. The number of para-hydroxylation sites is 1. The fourth-order valence-corrected chi connectivity index (χ4v) is 1.82. The van der Waals surface area contributed by atoms with E-state index in [9.17, 15) is 9.59 Å². The van der Waals surface area contributed by atoms with Gasteiger partial charge in [0, 0.05) is 5.69 Å². The summed E-state index contributed by atoms with van der Waals surface area (Å²) in [5, 5.41) is 9.37. The predicted octanol–water partition coefficient (Wildman–Crippen LogP) is 0.750. The standard InChI is InChI=1S/C11H12N6O2S/c18-9(6-20-11-12-7-13-17-11)15-16-10(19)14-8-4-2-1-3-5-8/h1-5,7H,6H2,(H,15,18)(H,12,13,17)(H2,14,16,19). The van der Waals surface area contributed by atoms with Crippen LogP contribution in [-0.4, -0.2) is 32.9 Å². The zero-order chi connectivity index (χ0) is 14.2. The van der Waals surface area contributed by atoms with Crippen molar-refractivity contribution in [2.75, 3.05) is 11.1 Å². The SMILES string of the molecule is O=C(CSc1ncn[nH]1)NNC(=O)Nc1ccccc1. The highest BCUT2D eigenvalue weighted by Gasteiger charge is 2.06. The molecule has 4 N–H and O–H groups in total. The van der Waals surface area contributed by atoms with Crippen LogP contribution in [0.25, 0.3) is 0 Å². The Morgan fingerprint density at radius 3 is 2.70 bits per heavy atom. The molecule has 104 valence electrons. The molecular formula is C11H12N6O2S. The zero-order valence-corrected chi connectivity index (χ0v) is 11.1. The Morgan fingerprint density at radius 1 is 1.20 bits per heavy atom. The molecule has 2 rings (SSSR count). The van der Waals surface area contributed by atoms with Crippen LogP contribution in [0.3, 0.4) is 0 Å². The van der Waals surface area contributed by atoms with Crippen LogP contribution in [0.2, 0.25) is 0 Å². The number of thioether (sulfide) groups is 1. The van der Waals surface area contributed by atoms with E-state index in [0.717, 1.165) is 0 Å². The number of urea groups is 1. The number of rotatable bonds is 4. The van der Waals surface area contributed by atoms with Gasteiger partial charge in [0.1, 0.15) is 6.33 Å². The maximum atomic E-state index is 11.5. The summed E-state index contributed by atoms with van der Waals surface area (Å²) in [6.45, 7) is 0. The minimum absolute atomic E-state index is 0.112. The van der Waals surface area contributed by atoms with Gasteiger partial charge in [-0.15, -0.1) is 0 Å². The highest BCUT2D eigenvalue weighted by atomic mass is 32.2. The molecule has 9 heteroatoms. The fraction of sp³-hybridized carbons (Fsp3) is 0.0909. The van der Waals surface area contributed by atoms with Crippen molar-refractivity contribution in [3.63, 3.8) is 0 Å². The van der Waals surface area contributed by atoms with Crippen LogP contribution >= 0.6 is 11.8 Å². The molecule has 1 aromatic heterocycles. The maximum Gasteiger partial charge on any atom is 0.337 e. The average Bonchev–Trinajstić information content (AvgIpc) is 2.97. The summed E-state index contributed by atoms with van der Waals surface area (Å²) < 4.78 is 0. The molecular weight excluding hydrogens is 280 g/mol. The van der Waals surface area contributed by atoms with Crippen LogP contribution in [0.5, 0.6) is 0 Å². The molecule has 2 aromatic rings. The summed E-state index contributed by atoms with van der Waals surface area (Å²) in [4.78, 5) is 26.8. The number of carbonyl (C=O) groups excluding carboxylic acids is 2. The molecule has 0 radical (unpaired) electrons. The molecule has 1 aromatic carbocycles. The van der Waals surface area contributed by atoms with Gasteiger partial charge in [0.25, 0.3) is 0 Å². The lowest BCUT2D eigenvalue weighted by molar-refractivity contribution is -0.119. The number of hydrogen-bond acceptors (Lipinski definition) is 5. The summed E-state index contributed by atoms with van der Waals surface area (Å²) in [5.74, 6) is -0.240. The fourth-order valence-electron chi connectivity index (χ4n) is 1.24. The molecule has 3 amide bonds. The number of hydrogen-bond donors (Lipinski definition) is 4. The van der Waals surface area contributed by atoms with Gasteiger partial charge >= 0.3 is 6.03 Å². The summed E-state index contributed by atoms with van der Waals surface area (Å²) in [5.41, 5.74) is 5.17. The van der Waals surface area contributed by atoms with Gasteiger partial charge in [-0.3, -0.25) is 15.3 Å². The zero-order valence-electron chi connectivity index (χ0n) is 10.3. The van der Waals surface area contributed by atoms with Gasteiger partial charge in [-0.2, -0.15) is 5.10 Å². The molecule has 1 heterocycles. The van der Waals surface area contributed by atoms with Crippen LogP contribution in [0, 0.1) is 0 Å². The first kappa shape index (κ1) is 13.9. The van der Waals surface area contributed by atoms with Gasteiger partial charge in [-0.25, -0.2) is 15.2 Å². The maximum absolute atomic E-state index is 11.5. The molecule has 0 aliphatic rings. The predicted molar refractivity (Wildman–Crippen MR) is 73.8 cm³/mol. The third kappa shape index (κ3) is 4.61. The van der Waals surface area contributed by atoms with E-state index in [2.05, 4.69) is 31.3 Å². The first-order chi connectivity index (χ1) is 9.74. The number of aromatic amines is 1. The quantitative estimate of drug-likeness (QED) is 0.491. The van der Waals surface area contributed by atoms with Crippen LogP contribution in [0.4, 0.5) is 10.5 Å². The Balaban J connectivity index is 1.66. The van der Waals surface area contributed by atoms with Crippen molar-refractivity contribution < 1.29 is 9.59 Å². The number of amides is 3. The Kier molecular flexibility index (Phi) is 4.95. The molecule has 0 saturated heterocycles. The van der Waals surface area contributed by atoms with E-state index in [1.807, 2.05) is 6.07 Å². The Morgan fingerprint density at radius 2 is 2.00 bits per heavy atom. The molecule has 0 bridgehead atoms. The molecule has 0 fully saturated rings. The minimum Gasteiger partial charge on any atom is -0.307 e. The number of aromatic nitrogens is 3. The first-order valence-corrected chi connectivity index (χ1v) is 6.61. The van der Waals surface area contributed by atoms with Gasteiger partial charge in [-0.05, 0) is 12.1 Å².